The highest BCUT2D eigenvalue weighted by Crippen LogP contribution is 2.23. The Morgan fingerprint density at radius 3 is 2.23 bits per heavy atom. The smallest absolute Gasteiger partial charge is 0.250 e. The van der Waals surface area contributed by atoms with E-state index >= 15 is 0 Å². The van der Waals surface area contributed by atoms with E-state index < -0.39 is 0 Å². The summed E-state index contributed by atoms with van der Waals surface area (Å²) in [4.78, 5) is 11.8. The maximum atomic E-state index is 11.8. The van der Waals surface area contributed by atoms with Crippen LogP contribution in [0.25, 0.3) is 0 Å². The fourth-order valence-electron chi connectivity index (χ4n) is 2.09. The van der Waals surface area contributed by atoms with Crippen LogP contribution in [0, 0.1) is 0 Å². The lowest BCUT2D eigenvalue weighted by molar-refractivity contribution is -0.121. The first kappa shape index (κ1) is 16.2. The van der Waals surface area contributed by atoms with E-state index in [1.807, 2.05) is 54.6 Å². The molecule has 0 saturated carbocycles. The van der Waals surface area contributed by atoms with E-state index in [0.29, 0.717) is 6.61 Å². The lowest BCUT2D eigenvalue weighted by Gasteiger charge is -2.19. The Hall–Kier alpha value is -2.13. The van der Waals surface area contributed by atoms with Gasteiger partial charge in [-0.1, -0.05) is 63.2 Å². The van der Waals surface area contributed by atoms with Gasteiger partial charge in [-0.05, 0) is 28.7 Å². The molecule has 116 valence electrons. The number of hydrogen-bond acceptors (Lipinski definition) is 2. The zero-order valence-corrected chi connectivity index (χ0v) is 13.4. The molecule has 2 rings (SSSR count). The molecule has 3 nitrogen and oxygen atoms in total. The number of hydrogen-bond donors (Lipinski definition) is 1. The summed E-state index contributed by atoms with van der Waals surface area (Å²) in [5, 5.41) is 2.84. The molecule has 0 aromatic heterocycles. The molecule has 0 aliphatic heterocycles. The molecule has 0 aliphatic carbocycles. The molecule has 0 unspecified atom stereocenters. The van der Waals surface area contributed by atoms with Crippen molar-refractivity contribution in [2.45, 2.75) is 32.8 Å². The van der Waals surface area contributed by atoms with Crippen LogP contribution in [0.4, 0.5) is 5.69 Å². The second kappa shape index (κ2) is 7.23. The fourth-order valence-corrected chi connectivity index (χ4v) is 2.09. The first-order valence-electron chi connectivity index (χ1n) is 7.47. The van der Waals surface area contributed by atoms with Crippen molar-refractivity contribution in [1.29, 1.82) is 0 Å². The summed E-state index contributed by atoms with van der Waals surface area (Å²) in [7, 11) is 0. The summed E-state index contributed by atoms with van der Waals surface area (Å²) < 4.78 is 5.42. The van der Waals surface area contributed by atoms with Gasteiger partial charge in [-0.2, -0.15) is 0 Å². The van der Waals surface area contributed by atoms with Crippen LogP contribution in [0.1, 0.15) is 31.9 Å². The van der Waals surface area contributed by atoms with Crippen LogP contribution >= 0.6 is 0 Å². The quantitative estimate of drug-likeness (QED) is 0.900. The van der Waals surface area contributed by atoms with Gasteiger partial charge in [0.05, 0.1) is 6.61 Å². The monoisotopic (exact) mass is 297 g/mol. The van der Waals surface area contributed by atoms with Crippen molar-refractivity contribution in [2.24, 2.45) is 0 Å². The van der Waals surface area contributed by atoms with E-state index in [9.17, 15) is 4.79 Å². The van der Waals surface area contributed by atoms with Gasteiger partial charge in [0.15, 0.2) is 0 Å². The molecule has 0 aliphatic rings. The highest BCUT2D eigenvalue weighted by atomic mass is 16.5. The molecule has 0 radical (unpaired) electrons. The van der Waals surface area contributed by atoms with Crippen LogP contribution in [0.15, 0.2) is 54.6 Å². The van der Waals surface area contributed by atoms with Crippen molar-refractivity contribution >= 4 is 11.6 Å². The number of carbonyl (C=O) groups excluding carboxylic acids is 1. The average molecular weight is 297 g/mol. The van der Waals surface area contributed by atoms with Gasteiger partial charge in [0.25, 0.3) is 0 Å². The maximum absolute atomic E-state index is 11.8. The second-order valence-corrected chi connectivity index (χ2v) is 6.35. The average Bonchev–Trinajstić information content (AvgIpc) is 2.48. The second-order valence-electron chi connectivity index (χ2n) is 6.35. The normalized spacial score (nSPS) is 11.2. The molecule has 2 aromatic rings. The molecular weight excluding hydrogens is 274 g/mol. The van der Waals surface area contributed by atoms with Crippen molar-refractivity contribution in [2.75, 3.05) is 11.9 Å². The summed E-state index contributed by atoms with van der Waals surface area (Å²) >= 11 is 0. The molecule has 0 saturated heterocycles. The first-order chi connectivity index (χ1) is 10.4. The summed E-state index contributed by atoms with van der Waals surface area (Å²) in [6.45, 7) is 6.99. The minimum Gasteiger partial charge on any atom is -0.367 e. The third kappa shape index (κ3) is 5.01. The van der Waals surface area contributed by atoms with Crippen LogP contribution < -0.4 is 5.32 Å². The van der Waals surface area contributed by atoms with E-state index in [-0.39, 0.29) is 17.9 Å². The van der Waals surface area contributed by atoms with Crippen molar-refractivity contribution in [3.8, 4) is 0 Å². The lowest BCUT2D eigenvalue weighted by atomic mass is 9.87. The van der Waals surface area contributed by atoms with Crippen molar-refractivity contribution < 1.29 is 9.53 Å². The molecule has 0 spiro atoms. The predicted molar refractivity (Wildman–Crippen MR) is 89.9 cm³/mol. The Kier molecular flexibility index (Phi) is 5.34. The van der Waals surface area contributed by atoms with Gasteiger partial charge in [0.1, 0.15) is 6.61 Å². The number of benzene rings is 2. The first-order valence-corrected chi connectivity index (χ1v) is 7.47. The van der Waals surface area contributed by atoms with E-state index in [1.165, 1.54) is 5.56 Å². The molecule has 0 atom stereocenters. The minimum atomic E-state index is -0.139. The third-order valence-electron chi connectivity index (χ3n) is 3.38. The Balaban J connectivity index is 1.79. The number of rotatable bonds is 5. The standard InChI is InChI=1S/C19H23NO2/c1-19(2,3)16-9-11-17(12-10-16)20-18(21)14-22-13-15-7-5-4-6-8-15/h4-12H,13-14H2,1-3H3,(H,20,21). The van der Waals surface area contributed by atoms with Gasteiger partial charge < -0.3 is 10.1 Å². The summed E-state index contributed by atoms with van der Waals surface area (Å²) in [5.74, 6) is -0.139. The van der Waals surface area contributed by atoms with Gasteiger partial charge in [-0.25, -0.2) is 0 Å². The van der Waals surface area contributed by atoms with Crippen molar-refractivity contribution in [3.63, 3.8) is 0 Å². The summed E-state index contributed by atoms with van der Waals surface area (Å²) in [5.41, 5.74) is 3.21. The van der Waals surface area contributed by atoms with Crippen LogP contribution in [0.5, 0.6) is 0 Å². The Labute approximate surface area is 132 Å². The zero-order valence-electron chi connectivity index (χ0n) is 13.4. The minimum absolute atomic E-state index is 0.0515. The van der Waals surface area contributed by atoms with Crippen LogP contribution in [0.2, 0.25) is 0 Å². The number of carbonyl (C=O) groups is 1. The molecule has 1 N–H and O–H groups in total. The van der Waals surface area contributed by atoms with E-state index in [0.717, 1.165) is 11.3 Å². The number of ether oxygens (including phenoxy) is 1. The zero-order chi connectivity index (χ0) is 16.0. The van der Waals surface area contributed by atoms with E-state index in [1.54, 1.807) is 0 Å². The third-order valence-corrected chi connectivity index (χ3v) is 3.38. The van der Waals surface area contributed by atoms with Crippen LogP contribution in [-0.2, 0) is 21.6 Å². The van der Waals surface area contributed by atoms with Gasteiger partial charge >= 0.3 is 0 Å². The Bertz CT molecular complexity index is 598. The number of nitrogens with one attached hydrogen (secondary N) is 1. The molecule has 22 heavy (non-hydrogen) atoms. The highest BCUT2D eigenvalue weighted by Gasteiger charge is 2.13. The topological polar surface area (TPSA) is 38.3 Å². The number of anilines is 1. The fraction of sp³-hybridized carbons (Fsp3) is 0.316. The van der Waals surface area contributed by atoms with Gasteiger partial charge in [-0.3, -0.25) is 4.79 Å². The van der Waals surface area contributed by atoms with Crippen LogP contribution in [-0.4, -0.2) is 12.5 Å². The SMILES string of the molecule is CC(C)(C)c1ccc(NC(=O)COCc2ccccc2)cc1. The molecule has 0 heterocycles. The largest absolute Gasteiger partial charge is 0.367 e. The Morgan fingerprint density at radius 1 is 1.00 bits per heavy atom. The molecule has 1 amide bonds. The van der Waals surface area contributed by atoms with Crippen LogP contribution in [0.3, 0.4) is 0 Å². The van der Waals surface area contributed by atoms with Crippen molar-refractivity contribution in [3.05, 3.63) is 65.7 Å². The molecule has 0 bridgehead atoms. The molecule has 2 aromatic carbocycles. The lowest BCUT2D eigenvalue weighted by Crippen LogP contribution is -2.18. The predicted octanol–water partition coefficient (Wildman–Crippen LogP) is 4.14. The summed E-state index contributed by atoms with van der Waals surface area (Å²) in [6.07, 6.45) is 0. The summed E-state index contributed by atoms with van der Waals surface area (Å²) in [6, 6.07) is 17.8. The van der Waals surface area contributed by atoms with Gasteiger partial charge in [0.2, 0.25) is 5.91 Å². The highest BCUT2D eigenvalue weighted by molar-refractivity contribution is 5.91. The van der Waals surface area contributed by atoms with Gasteiger partial charge in [-0.15, -0.1) is 0 Å². The van der Waals surface area contributed by atoms with E-state index in [2.05, 4.69) is 26.1 Å². The van der Waals surface area contributed by atoms with Crippen molar-refractivity contribution in [1.82, 2.24) is 0 Å². The molecule has 0 fully saturated rings. The Morgan fingerprint density at radius 2 is 1.64 bits per heavy atom. The maximum Gasteiger partial charge on any atom is 0.250 e. The molecule has 3 heteroatoms. The number of amides is 1. The molecular formula is C19H23NO2. The van der Waals surface area contributed by atoms with E-state index in [4.69, 9.17) is 4.74 Å². The van der Waals surface area contributed by atoms with Gasteiger partial charge in [0, 0.05) is 5.69 Å².